The standard InChI is InChI=1S/C16H22N2O3/c1-10-7-8-12(9-11(10)2)17-16(21)18-14-6-4-3-5-13(14)15(19)20/h7-9,13-14H,3-6H2,1-2H3,(H,19,20)(H2,17,18,21). The summed E-state index contributed by atoms with van der Waals surface area (Å²) in [7, 11) is 0. The van der Waals surface area contributed by atoms with Crippen LogP contribution in [0.15, 0.2) is 18.2 Å². The molecule has 5 nitrogen and oxygen atoms in total. The Morgan fingerprint density at radius 3 is 2.52 bits per heavy atom. The number of hydrogen-bond acceptors (Lipinski definition) is 2. The highest BCUT2D eigenvalue weighted by Crippen LogP contribution is 2.24. The minimum atomic E-state index is -0.828. The Bertz CT molecular complexity index is 542. The molecule has 2 atom stereocenters. The van der Waals surface area contributed by atoms with Gasteiger partial charge in [-0.2, -0.15) is 0 Å². The number of nitrogens with one attached hydrogen (secondary N) is 2. The van der Waals surface area contributed by atoms with E-state index in [0.29, 0.717) is 6.42 Å². The number of carbonyl (C=O) groups excluding carboxylic acids is 1. The molecule has 2 unspecified atom stereocenters. The minimum absolute atomic E-state index is 0.289. The van der Waals surface area contributed by atoms with Crippen molar-refractivity contribution in [3.63, 3.8) is 0 Å². The summed E-state index contributed by atoms with van der Waals surface area (Å²) < 4.78 is 0. The highest BCUT2D eigenvalue weighted by Gasteiger charge is 2.31. The molecule has 0 spiro atoms. The quantitative estimate of drug-likeness (QED) is 0.800. The molecule has 0 heterocycles. The fourth-order valence-electron chi connectivity index (χ4n) is 2.75. The van der Waals surface area contributed by atoms with Gasteiger partial charge in [-0.3, -0.25) is 4.79 Å². The van der Waals surface area contributed by atoms with Gasteiger partial charge in [0.2, 0.25) is 0 Å². The van der Waals surface area contributed by atoms with Crippen LogP contribution in [0.5, 0.6) is 0 Å². The molecule has 2 rings (SSSR count). The summed E-state index contributed by atoms with van der Waals surface area (Å²) in [5.41, 5.74) is 2.99. The van der Waals surface area contributed by atoms with Crippen molar-refractivity contribution in [2.24, 2.45) is 5.92 Å². The maximum absolute atomic E-state index is 12.0. The SMILES string of the molecule is Cc1ccc(NC(=O)NC2CCCCC2C(=O)O)cc1C. The predicted octanol–water partition coefficient (Wildman–Crippen LogP) is 3.07. The van der Waals surface area contributed by atoms with Gasteiger partial charge in [0.05, 0.1) is 5.92 Å². The van der Waals surface area contributed by atoms with Crippen molar-refractivity contribution in [1.82, 2.24) is 5.32 Å². The molecule has 0 aliphatic heterocycles. The number of aliphatic carboxylic acids is 1. The van der Waals surface area contributed by atoms with E-state index >= 15 is 0 Å². The van der Waals surface area contributed by atoms with Gasteiger partial charge in [-0.25, -0.2) is 4.79 Å². The maximum Gasteiger partial charge on any atom is 0.319 e. The first kappa shape index (κ1) is 15.4. The van der Waals surface area contributed by atoms with Gasteiger partial charge >= 0.3 is 12.0 Å². The van der Waals surface area contributed by atoms with Crippen LogP contribution in [0.3, 0.4) is 0 Å². The molecular formula is C16H22N2O3. The molecule has 0 saturated heterocycles. The Balaban J connectivity index is 1.97. The van der Waals surface area contributed by atoms with Crippen molar-refractivity contribution < 1.29 is 14.7 Å². The van der Waals surface area contributed by atoms with E-state index in [9.17, 15) is 14.7 Å². The molecule has 1 aromatic rings. The lowest BCUT2D eigenvalue weighted by Gasteiger charge is -2.29. The van der Waals surface area contributed by atoms with E-state index in [-0.39, 0.29) is 12.1 Å². The van der Waals surface area contributed by atoms with Crippen molar-refractivity contribution in [2.75, 3.05) is 5.32 Å². The monoisotopic (exact) mass is 290 g/mol. The molecule has 21 heavy (non-hydrogen) atoms. The predicted molar refractivity (Wildman–Crippen MR) is 81.5 cm³/mol. The Morgan fingerprint density at radius 1 is 1.14 bits per heavy atom. The van der Waals surface area contributed by atoms with Crippen molar-refractivity contribution >= 4 is 17.7 Å². The number of anilines is 1. The number of urea groups is 1. The molecule has 0 radical (unpaired) electrons. The molecule has 5 heteroatoms. The van der Waals surface area contributed by atoms with Gasteiger partial charge in [-0.05, 0) is 49.9 Å². The van der Waals surface area contributed by atoms with Crippen LogP contribution in [-0.4, -0.2) is 23.1 Å². The summed E-state index contributed by atoms with van der Waals surface area (Å²) in [5.74, 6) is -1.31. The lowest BCUT2D eigenvalue weighted by molar-refractivity contribution is -0.143. The second-order valence-electron chi connectivity index (χ2n) is 5.73. The number of amides is 2. The normalized spacial score (nSPS) is 21.6. The fourth-order valence-corrected chi connectivity index (χ4v) is 2.75. The molecular weight excluding hydrogens is 268 g/mol. The summed E-state index contributed by atoms with van der Waals surface area (Å²) in [4.78, 5) is 23.2. The van der Waals surface area contributed by atoms with Gasteiger partial charge in [0, 0.05) is 11.7 Å². The van der Waals surface area contributed by atoms with Crippen LogP contribution in [-0.2, 0) is 4.79 Å². The van der Waals surface area contributed by atoms with Gasteiger partial charge in [0.25, 0.3) is 0 Å². The summed E-state index contributed by atoms with van der Waals surface area (Å²) in [5, 5.41) is 14.8. The smallest absolute Gasteiger partial charge is 0.319 e. The van der Waals surface area contributed by atoms with E-state index in [1.165, 1.54) is 5.56 Å². The van der Waals surface area contributed by atoms with Crippen molar-refractivity contribution in [3.05, 3.63) is 29.3 Å². The third kappa shape index (κ3) is 3.97. The van der Waals surface area contributed by atoms with Gasteiger partial charge < -0.3 is 15.7 Å². The zero-order chi connectivity index (χ0) is 15.4. The molecule has 1 saturated carbocycles. The number of hydrogen-bond donors (Lipinski definition) is 3. The van der Waals surface area contributed by atoms with Crippen LogP contribution in [0.25, 0.3) is 0 Å². The Hall–Kier alpha value is -2.04. The van der Waals surface area contributed by atoms with Crippen molar-refractivity contribution in [2.45, 2.75) is 45.6 Å². The second kappa shape index (κ2) is 6.61. The van der Waals surface area contributed by atoms with E-state index < -0.39 is 11.9 Å². The van der Waals surface area contributed by atoms with E-state index in [1.807, 2.05) is 32.0 Å². The van der Waals surface area contributed by atoms with Gasteiger partial charge in [0.15, 0.2) is 0 Å². The molecule has 0 bridgehead atoms. The van der Waals surface area contributed by atoms with Crippen molar-refractivity contribution in [3.8, 4) is 0 Å². The highest BCUT2D eigenvalue weighted by atomic mass is 16.4. The third-order valence-corrected chi connectivity index (χ3v) is 4.16. The highest BCUT2D eigenvalue weighted by molar-refractivity contribution is 5.90. The van der Waals surface area contributed by atoms with E-state index in [4.69, 9.17) is 0 Å². The molecule has 2 amide bonds. The first-order valence-corrected chi connectivity index (χ1v) is 7.35. The molecule has 1 aliphatic rings. The van der Waals surface area contributed by atoms with Gasteiger partial charge in [-0.15, -0.1) is 0 Å². The average molecular weight is 290 g/mol. The summed E-state index contributed by atoms with van der Waals surface area (Å²) in [6.07, 6.45) is 3.22. The number of carboxylic acids is 1. The lowest BCUT2D eigenvalue weighted by atomic mass is 9.84. The summed E-state index contributed by atoms with van der Waals surface area (Å²) in [6, 6.07) is 5.08. The molecule has 3 N–H and O–H groups in total. The van der Waals surface area contributed by atoms with Crippen molar-refractivity contribution in [1.29, 1.82) is 0 Å². The first-order chi connectivity index (χ1) is 9.97. The van der Waals surface area contributed by atoms with Crippen LogP contribution < -0.4 is 10.6 Å². The Kier molecular flexibility index (Phi) is 4.83. The largest absolute Gasteiger partial charge is 0.481 e. The van der Waals surface area contributed by atoms with E-state index in [0.717, 1.165) is 30.5 Å². The Morgan fingerprint density at radius 2 is 1.86 bits per heavy atom. The number of benzene rings is 1. The molecule has 1 fully saturated rings. The Labute approximate surface area is 124 Å². The average Bonchev–Trinajstić information content (AvgIpc) is 2.43. The second-order valence-corrected chi connectivity index (χ2v) is 5.73. The maximum atomic E-state index is 12.0. The van der Waals surface area contributed by atoms with Crippen LogP contribution in [0, 0.1) is 19.8 Å². The van der Waals surface area contributed by atoms with Crippen LogP contribution in [0.2, 0.25) is 0 Å². The number of carbonyl (C=O) groups is 2. The topological polar surface area (TPSA) is 78.4 Å². The van der Waals surface area contributed by atoms with E-state index in [1.54, 1.807) is 0 Å². The molecule has 1 aromatic carbocycles. The minimum Gasteiger partial charge on any atom is -0.481 e. The van der Waals surface area contributed by atoms with Crippen LogP contribution in [0.1, 0.15) is 36.8 Å². The number of carboxylic acid groups (broad SMARTS) is 1. The van der Waals surface area contributed by atoms with Gasteiger partial charge in [0.1, 0.15) is 0 Å². The summed E-state index contributed by atoms with van der Waals surface area (Å²) in [6.45, 7) is 4.00. The molecule has 1 aliphatic carbocycles. The fraction of sp³-hybridized carbons (Fsp3) is 0.500. The lowest BCUT2D eigenvalue weighted by Crippen LogP contribution is -2.46. The zero-order valence-corrected chi connectivity index (χ0v) is 12.5. The molecule has 0 aromatic heterocycles. The number of rotatable bonds is 3. The van der Waals surface area contributed by atoms with Crippen LogP contribution >= 0.6 is 0 Å². The third-order valence-electron chi connectivity index (χ3n) is 4.16. The zero-order valence-electron chi connectivity index (χ0n) is 12.5. The summed E-state index contributed by atoms with van der Waals surface area (Å²) >= 11 is 0. The number of aryl methyl sites for hydroxylation is 2. The van der Waals surface area contributed by atoms with E-state index in [2.05, 4.69) is 10.6 Å². The van der Waals surface area contributed by atoms with Crippen LogP contribution in [0.4, 0.5) is 10.5 Å². The van der Waals surface area contributed by atoms with Gasteiger partial charge in [-0.1, -0.05) is 18.9 Å². The first-order valence-electron chi connectivity index (χ1n) is 7.35. The molecule has 114 valence electrons.